The van der Waals surface area contributed by atoms with Gasteiger partial charge in [-0.15, -0.1) is 11.3 Å². The van der Waals surface area contributed by atoms with Crippen LogP contribution >= 0.6 is 45.1 Å². The van der Waals surface area contributed by atoms with Gasteiger partial charge in [0.15, 0.2) is 4.34 Å². The summed E-state index contributed by atoms with van der Waals surface area (Å²) < 4.78 is 9.93. The second-order valence-corrected chi connectivity index (χ2v) is 8.03. The maximum absolute atomic E-state index is 5.66. The van der Waals surface area contributed by atoms with E-state index in [0.29, 0.717) is 0 Å². The summed E-state index contributed by atoms with van der Waals surface area (Å²) in [6, 6.07) is 6.13. The van der Waals surface area contributed by atoms with E-state index in [4.69, 9.17) is 9.88 Å². The molecular weight excluding hydrogens is 318 g/mol. The summed E-state index contributed by atoms with van der Waals surface area (Å²) in [6.07, 6.45) is 0. The molecule has 0 bridgehead atoms. The van der Waals surface area contributed by atoms with Crippen LogP contribution in [0.3, 0.4) is 0 Å². The summed E-state index contributed by atoms with van der Waals surface area (Å²) in [4.78, 5) is 5.71. The predicted octanol–water partition coefficient (Wildman–Crippen LogP) is 3.25. The SMILES string of the molecule is NSc1cccc2sc(SSN3CCOCC3)nc12. The largest absolute Gasteiger partial charge is 0.379 e. The molecule has 0 spiro atoms. The van der Waals surface area contributed by atoms with Crippen molar-refractivity contribution in [2.45, 2.75) is 9.24 Å². The number of nitrogens with two attached hydrogens (primary N) is 1. The van der Waals surface area contributed by atoms with Gasteiger partial charge in [-0.1, -0.05) is 6.07 Å². The number of rotatable bonds is 4. The molecule has 4 nitrogen and oxygen atoms in total. The van der Waals surface area contributed by atoms with Gasteiger partial charge in [0.2, 0.25) is 0 Å². The van der Waals surface area contributed by atoms with Crippen LogP contribution in [-0.4, -0.2) is 35.6 Å². The van der Waals surface area contributed by atoms with Crippen molar-refractivity contribution in [3.05, 3.63) is 18.2 Å². The normalized spacial score (nSPS) is 17.1. The summed E-state index contributed by atoms with van der Waals surface area (Å²) in [5.41, 5.74) is 1.02. The van der Waals surface area contributed by atoms with Crippen molar-refractivity contribution in [3.8, 4) is 0 Å². The Bertz CT molecular complexity index is 556. The summed E-state index contributed by atoms with van der Waals surface area (Å²) in [6.45, 7) is 3.60. The third kappa shape index (κ3) is 3.38. The van der Waals surface area contributed by atoms with E-state index >= 15 is 0 Å². The van der Waals surface area contributed by atoms with Gasteiger partial charge in [-0.05, 0) is 45.9 Å². The quantitative estimate of drug-likeness (QED) is 0.681. The van der Waals surface area contributed by atoms with Crippen LogP contribution in [0.15, 0.2) is 27.4 Å². The highest BCUT2D eigenvalue weighted by atomic mass is 33.1. The molecule has 102 valence electrons. The zero-order chi connectivity index (χ0) is 13.1. The summed E-state index contributed by atoms with van der Waals surface area (Å²) in [5, 5.41) is 5.66. The number of fused-ring (bicyclic) bond motifs is 1. The molecule has 1 aliphatic rings. The fraction of sp³-hybridized carbons (Fsp3) is 0.364. The van der Waals surface area contributed by atoms with E-state index in [9.17, 15) is 0 Å². The molecule has 1 fully saturated rings. The van der Waals surface area contributed by atoms with Gasteiger partial charge in [-0.3, -0.25) is 5.14 Å². The molecule has 1 aliphatic heterocycles. The first kappa shape index (κ1) is 14.0. The minimum absolute atomic E-state index is 0.821. The maximum Gasteiger partial charge on any atom is 0.162 e. The lowest BCUT2D eigenvalue weighted by molar-refractivity contribution is 0.0779. The molecule has 2 N–H and O–H groups in total. The number of thiazole rings is 1. The molecule has 0 unspecified atom stereocenters. The van der Waals surface area contributed by atoms with Crippen molar-refractivity contribution >= 4 is 55.3 Å². The fourth-order valence-corrected chi connectivity index (χ4v) is 5.60. The number of aromatic nitrogens is 1. The molecule has 1 saturated heterocycles. The first-order valence-corrected chi connectivity index (χ1v) is 9.61. The molecule has 0 atom stereocenters. The number of hydrogen-bond donors (Lipinski definition) is 1. The number of nitrogens with zero attached hydrogens (tertiary/aromatic N) is 2. The van der Waals surface area contributed by atoms with E-state index in [-0.39, 0.29) is 0 Å². The van der Waals surface area contributed by atoms with E-state index in [1.807, 2.05) is 12.1 Å². The highest BCUT2D eigenvalue weighted by molar-refractivity contribution is 8.76. The number of hydrogen-bond acceptors (Lipinski definition) is 8. The lowest BCUT2D eigenvalue weighted by Crippen LogP contribution is -2.30. The van der Waals surface area contributed by atoms with Crippen molar-refractivity contribution in [3.63, 3.8) is 0 Å². The molecule has 19 heavy (non-hydrogen) atoms. The topological polar surface area (TPSA) is 51.4 Å². The first-order valence-electron chi connectivity index (χ1n) is 5.80. The molecule has 3 rings (SSSR count). The molecule has 2 aromatic rings. The van der Waals surface area contributed by atoms with Crippen LogP contribution in [0.2, 0.25) is 0 Å². The first-order chi connectivity index (χ1) is 9.36. The van der Waals surface area contributed by atoms with Gasteiger partial charge in [0, 0.05) is 18.0 Å². The van der Waals surface area contributed by atoms with Gasteiger partial charge in [0.25, 0.3) is 0 Å². The second-order valence-electron chi connectivity index (χ2n) is 3.90. The third-order valence-corrected chi connectivity index (χ3v) is 7.10. The maximum atomic E-state index is 5.66. The van der Waals surface area contributed by atoms with Crippen LogP contribution in [0, 0.1) is 0 Å². The van der Waals surface area contributed by atoms with Gasteiger partial charge in [-0.25, -0.2) is 9.29 Å². The molecule has 1 aromatic carbocycles. The Labute approximate surface area is 128 Å². The standard InChI is InChI=1S/C11H13N3OS4/c12-17-9-3-1-2-8-10(9)13-11(16-8)18-19-14-4-6-15-7-5-14/h1-3H,4-7,12H2. The van der Waals surface area contributed by atoms with Crippen molar-refractivity contribution in [2.75, 3.05) is 26.3 Å². The third-order valence-electron chi connectivity index (χ3n) is 2.67. The zero-order valence-electron chi connectivity index (χ0n) is 10.1. The second kappa shape index (κ2) is 6.66. The molecular formula is C11H13N3OS4. The molecule has 0 radical (unpaired) electrons. The van der Waals surface area contributed by atoms with Gasteiger partial charge in [-0.2, -0.15) is 0 Å². The van der Waals surface area contributed by atoms with Crippen LogP contribution in [0.1, 0.15) is 0 Å². The highest BCUT2D eigenvalue weighted by Crippen LogP contribution is 2.40. The monoisotopic (exact) mass is 331 g/mol. The van der Waals surface area contributed by atoms with E-state index in [0.717, 1.165) is 41.1 Å². The van der Waals surface area contributed by atoms with Crippen molar-refractivity contribution < 1.29 is 4.74 Å². The molecule has 0 amide bonds. The van der Waals surface area contributed by atoms with E-state index in [1.165, 1.54) is 16.6 Å². The van der Waals surface area contributed by atoms with E-state index < -0.39 is 0 Å². The van der Waals surface area contributed by atoms with Crippen LogP contribution < -0.4 is 5.14 Å². The molecule has 2 heterocycles. The van der Waals surface area contributed by atoms with Crippen LogP contribution in [0.5, 0.6) is 0 Å². The highest BCUT2D eigenvalue weighted by Gasteiger charge is 2.14. The average Bonchev–Trinajstić information content (AvgIpc) is 2.89. The fourth-order valence-electron chi connectivity index (χ4n) is 1.74. The minimum atomic E-state index is 0.821. The van der Waals surface area contributed by atoms with Crippen molar-refractivity contribution in [1.29, 1.82) is 0 Å². The van der Waals surface area contributed by atoms with Gasteiger partial charge >= 0.3 is 0 Å². The number of ether oxygens (including phenoxy) is 1. The average molecular weight is 332 g/mol. The smallest absolute Gasteiger partial charge is 0.162 e. The van der Waals surface area contributed by atoms with Crippen LogP contribution in [0.4, 0.5) is 0 Å². The zero-order valence-corrected chi connectivity index (χ0v) is 13.3. The Kier molecular flexibility index (Phi) is 4.91. The summed E-state index contributed by atoms with van der Waals surface area (Å²) >= 11 is 2.98. The predicted molar refractivity (Wildman–Crippen MR) is 85.5 cm³/mol. The Balaban J connectivity index is 1.70. The van der Waals surface area contributed by atoms with Gasteiger partial charge in [0.1, 0.15) is 0 Å². The Hall–Kier alpha value is 0.0400. The van der Waals surface area contributed by atoms with Crippen molar-refractivity contribution in [2.24, 2.45) is 5.14 Å². The Morgan fingerprint density at radius 1 is 1.32 bits per heavy atom. The van der Waals surface area contributed by atoms with Crippen LogP contribution in [-0.2, 0) is 4.74 Å². The van der Waals surface area contributed by atoms with Crippen LogP contribution in [0.25, 0.3) is 10.2 Å². The molecule has 8 heteroatoms. The van der Waals surface area contributed by atoms with E-state index in [2.05, 4.69) is 15.4 Å². The number of benzene rings is 1. The Morgan fingerprint density at radius 2 is 2.16 bits per heavy atom. The van der Waals surface area contributed by atoms with Crippen molar-refractivity contribution in [1.82, 2.24) is 9.29 Å². The summed E-state index contributed by atoms with van der Waals surface area (Å²) in [7, 11) is 3.48. The lowest BCUT2D eigenvalue weighted by atomic mass is 10.3. The Morgan fingerprint density at radius 3 is 2.95 bits per heavy atom. The molecule has 0 saturated carbocycles. The van der Waals surface area contributed by atoms with E-state index in [1.54, 1.807) is 33.1 Å². The number of para-hydroxylation sites is 1. The summed E-state index contributed by atoms with van der Waals surface area (Å²) in [5.74, 6) is 0. The molecule has 1 aromatic heterocycles. The van der Waals surface area contributed by atoms with Gasteiger partial charge < -0.3 is 4.74 Å². The minimum Gasteiger partial charge on any atom is -0.379 e. The number of morpholine rings is 1. The molecule has 0 aliphatic carbocycles. The van der Waals surface area contributed by atoms with Gasteiger partial charge in [0.05, 0.1) is 23.4 Å². The lowest BCUT2D eigenvalue weighted by Gasteiger charge is -2.23.